The molecule has 2 aromatic rings. The zero-order valence-electron chi connectivity index (χ0n) is 14.5. The van der Waals surface area contributed by atoms with Crippen LogP contribution in [0.5, 0.6) is 0 Å². The third-order valence-corrected chi connectivity index (χ3v) is 4.35. The Bertz CT molecular complexity index is 713. The quantitative estimate of drug-likeness (QED) is 0.934. The number of oxazole rings is 1. The molecule has 0 saturated carbocycles. The van der Waals surface area contributed by atoms with Crippen LogP contribution < -0.4 is 10.2 Å². The number of aryl methyl sites for hydroxylation is 1. The summed E-state index contributed by atoms with van der Waals surface area (Å²) in [6.07, 6.45) is 5.77. The fourth-order valence-electron chi connectivity index (χ4n) is 3.04. The summed E-state index contributed by atoms with van der Waals surface area (Å²) in [4.78, 5) is 23.4. The lowest BCUT2D eigenvalue weighted by atomic mass is 10.0. The van der Waals surface area contributed by atoms with Gasteiger partial charge in [-0.3, -0.25) is 4.79 Å². The number of piperidine rings is 1. The number of carbonyl (C=O) groups is 1. The van der Waals surface area contributed by atoms with Crippen molar-refractivity contribution in [2.75, 3.05) is 18.0 Å². The number of nitrogens with zero attached hydrogens (tertiary/aromatic N) is 3. The third-order valence-electron chi connectivity index (χ3n) is 4.35. The fraction of sp³-hybridized carbons (Fsp3) is 0.500. The summed E-state index contributed by atoms with van der Waals surface area (Å²) in [6.45, 7) is 7.93. The topological polar surface area (TPSA) is 71.3 Å². The predicted octanol–water partition coefficient (Wildman–Crippen LogP) is 3.11. The lowest BCUT2D eigenvalue weighted by molar-refractivity contribution is 0.0934. The van der Waals surface area contributed by atoms with Crippen molar-refractivity contribution in [3.05, 3.63) is 41.7 Å². The standard InChI is InChI=1S/C18H24N4O2/c1-12-5-4-8-22(11-12)16-9-15(6-7-19-16)17(23)21-14(3)18-20-10-13(2)24-18/h6-7,9-10,12,14H,4-5,8,11H2,1-3H3,(H,21,23). The van der Waals surface area contributed by atoms with Gasteiger partial charge in [0.2, 0.25) is 5.89 Å². The summed E-state index contributed by atoms with van der Waals surface area (Å²) in [7, 11) is 0. The third kappa shape index (κ3) is 3.75. The minimum Gasteiger partial charge on any atom is -0.444 e. The summed E-state index contributed by atoms with van der Waals surface area (Å²) < 4.78 is 5.47. The summed E-state index contributed by atoms with van der Waals surface area (Å²) >= 11 is 0. The molecule has 0 aliphatic carbocycles. The molecule has 2 unspecified atom stereocenters. The Morgan fingerprint density at radius 1 is 1.46 bits per heavy atom. The molecular weight excluding hydrogens is 304 g/mol. The molecular formula is C18H24N4O2. The maximum atomic E-state index is 12.5. The second kappa shape index (κ2) is 7.03. The lowest BCUT2D eigenvalue weighted by Gasteiger charge is -2.32. The Morgan fingerprint density at radius 2 is 2.29 bits per heavy atom. The maximum Gasteiger partial charge on any atom is 0.252 e. The Kier molecular flexibility index (Phi) is 4.83. The van der Waals surface area contributed by atoms with Gasteiger partial charge in [-0.25, -0.2) is 9.97 Å². The van der Waals surface area contributed by atoms with Crippen molar-refractivity contribution in [2.24, 2.45) is 5.92 Å². The highest BCUT2D eigenvalue weighted by Gasteiger charge is 2.20. The highest BCUT2D eigenvalue weighted by molar-refractivity contribution is 5.95. The Morgan fingerprint density at radius 3 is 3.00 bits per heavy atom. The van der Waals surface area contributed by atoms with Crippen molar-refractivity contribution >= 4 is 11.7 Å². The zero-order chi connectivity index (χ0) is 17.1. The first-order valence-corrected chi connectivity index (χ1v) is 8.47. The minimum atomic E-state index is -0.280. The van der Waals surface area contributed by atoms with Crippen LogP contribution in [0.25, 0.3) is 0 Å². The second-order valence-corrected chi connectivity index (χ2v) is 6.60. The molecule has 24 heavy (non-hydrogen) atoms. The average Bonchev–Trinajstić information content (AvgIpc) is 3.01. The van der Waals surface area contributed by atoms with Crippen molar-refractivity contribution in [3.8, 4) is 0 Å². The normalized spacial score (nSPS) is 19.1. The molecule has 2 aromatic heterocycles. The first kappa shape index (κ1) is 16.5. The Hall–Kier alpha value is -2.37. The molecule has 3 rings (SSSR count). The first-order chi connectivity index (χ1) is 11.5. The van der Waals surface area contributed by atoms with E-state index in [2.05, 4.69) is 27.1 Å². The van der Waals surface area contributed by atoms with Gasteiger partial charge >= 0.3 is 0 Å². The minimum absolute atomic E-state index is 0.146. The molecule has 3 heterocycles. The molecule has 2 atom stereocenters. The van der Waals surface area contributed by atoms with Crippen molar-refractivity contribution < 1.29 is 9.21 Å². The number of carbonyl (C=O) groups excluding carboxylic acids is 1. The van der Waals surface area contributed by atoms with Crippen LogP contribution >= 0.6 is 0 Å². The van der Waals surface area contributed by atoms with Crippen LogP contribution in [0.3, 0.4) is 0 Å². The van der Waals surface area contributed by atoms with Crippen LogP contribution in [0.1, 0.15) is 54.7 Å². The molecule has 1 N–H and O–H groups in total. The van der Waals surface area contributed by atoms with E-state index in [0.717, 1.165) is 24.7 Å². The van der Waals surface area contributed by atoms with Gasteiger partial charge in [-0.05, 0) is 44.7 Å². The molecule has 1 aliphatic rings. The average molecular weight is 328 g/mol. The summed E-state index contributed by atoms with van der Waals surface area (Å²) in [5.41, 5.74) is 0.605. The number of hydrogen-bond acceptors (Lipinski definition) is 5. The Balaban J connectivity index is 1.70. The van der Waals surface area contributed by atoms with E-state index in [9.17, 15) is 4.79 Å². The van der Waals surface area contributed by atoms with E-state index < -0.39 is 0 Å². The van der Waals surface area contributed by atoms with E-state index in [-0.39, 0.29) is 11.9 Å². The molecule has 0 radical (unpaired) electrons. The molecule has 0 spiro atoms. The fourth-order valence-corrected chi connectivity index (χ4v) is 3.04. The largest absolute Gasteiger partial charge is 0.444 e. The molecule has 0 bridgehead atoms. The van der Waals surface area contributed by atoms with Gasteiger partial charge < -0.3 is 14.6 Å². The molecule has 1 aliphatic heterocycles. The van der Waals surface area contributed by atoms with Crippen LogP contribution in [-0.2, 0) is 0 Å². The molecule has 0 aromatic carbocycles. The first-order valence-electron chi connectivity index (χ1n) is 8.47. The number of amides is 1. The summed E-state index contributed by atoms with van der Waals surface area (Å²) in [5.74, 6) is 2.63. The van der Waals surface area contributed by atoms with Crippen molar-refractivity contribution in [2.45, 2.75) is 39.7 Å². The molecule has 1 saturated heterocycles. The summed E-state index contributed by atoms with van der Waals surface area (Å²) in [5, 5.41) is 2.92. The van der Waals surface area contributed by atoms with Crippen LogP contribution in [-0.4, -0.2) is 29.0 Å². The van der Waals surface area contributed by atoms with Crippen LogP contribution in [0, 0.1) is 12.8 Å². The van der Waals surface area contributed by atoms with Gasteiger partial charge in [0, 0.05) is 24.8 Å². The second-order valence-electron chi connectivity index (χ2n) is 6.60. The number of anilines is 1. The monoisotopic (exact) mass is 328 g/mol. The number of nitrogens with one attached hydrogen (secondary N) is 1. The van der Waals surface area contributed by atoms with Crippen molar-refractivity contribution in [1.82, 2.24) is 15.3 Å². The van der Waals surface area contributed by atoms with E-state index >= 15 is 0 Å². The maximum absolute atomic E-state index is 12.5. The molecule has 1 amide bonds. The van der Waals surface area contributed by atoms with E-state index in [0.29, 0.717) is 17.4 Å². The number of rotatable bonds is 4. The Labute approximate surface area is 142 Å². The molecule has 6 heteroatoms. The molecule has 1 fully saturated rings. The van der Waals surface area contributed by atoms with Crippen molar-refractivity contribution in [1.29, 1.82) is 0 Å². The smallest absolute Gasteiger partial charge is 0.252 e. The lowest BCUT2D eigenvalue weighted by Crippen LogP contribution is -2.35. The highest BCUT2D eigenvalue weighted by Crippen LogP contribution is 2.22. The SMILES string of the molecule is Cc1cnc(C(C)NC(=O)c2ccnc(N3CCCC(C)C3)c2)o1. The highest BCUT2D eigenvalue weighted by atomic mass is 16.4. The van der Waals surface area contributed by atoms with Gasteiger partial charge in [0.15, 0.2) is 0 Å². The van der Waals surface area contributed by atoms with Gasteiger partial charge in [0.25, 0.3) is 5.91 Å². The van der Waals surface area contributed by atoms with Crippen molar-refractivity contribution in [3.63, 3.8) is 0 Å². The van der Waals surface area contributed by atoms with Gasteiger partial charge in [-0.1, -0.05) is 6.92 Å². The van der Waals surface area contributed by atoms with Crippen LogP contribution in [0.2, 0.25) is 0 Å². The van der Waals surface area contributed by atoms with Gasteiger partial charge in [0.05, 0.1) is 6.20 Å². The summed E-state index contributed by atoms with van der Waals surface area (Å²) in [6, 6.07) is 3.32. The van der Waals surface area contributed by atoms with E-state index in [1.165, 1.54) is 12.8 Å². The number of aromatic nitrogens is 2. The predicted molar refractivity (Wildman–Crippen MR) is 92.0 cm³/mol. The molecule has 128 valence electrons. The van der Waals surface area contributed by atoms with E-state index in [1.807, 2.05) is 19.9 Å². The van der Waals surface area contributed by atoms with E-state index in [1.54, 1.807) is 18.5 Å². The van der Waals surface area contributed by atoms with Gasteiger partial charge in [0.1, 0.15) is 17.6 Å². The zero-order valence-corrected chi connectivity index (χ0v) is 14.5. The van der Waals surface area contributed by atoms with Crippen LogP contribution in [0.15, 0.2) is 28.9 Å². The molecule has 6 nitrogen and oxygen atoms in total. The van der Waals surface area contributed by atoms with E-state index in [4.69, 9.17) is 4.42 Å². The van der Waals surface area contributed by atoms with Gasteiger partial charge in [-0.15, -0.1) is 0 Å². The van der Waals surface area contributed by atoms with Crippen LogP contribution in [0.4, 0.5) is 5.82 Å². The number of hydrogen-bond donors (Lipinski definition) is 1. The van der Waals surface area contributed by atoms with Gasteiger partial charge in [-0.2, -0.15) is 0 Å². The number of pyridine rings is 1.